The van der Waals surface area contributed by atoms with Gasteiger partial charge in [0.25, 0.3) is 5.89 Å². The number of aryl methyl sites for hydroxylation is 1. The van der Waals surface area contributed by atoms with Gasteiger partial charge in [-0.25, -0.2) is 4.98 Å². The Morgan fingerprint density at radius 1 is 1.04 bits per heavy atom. The zero-order valence-electron chi connectivity index (χ0n) is 15.1. The van der Waals surface area contributed by atoms with Gasteiger partial charge in [-0.3, -0.25) is 4.57 Å². The van der Waals surface area contributed by atoms with E-state index in [0.29, 0.717) is 22.4 Å². The molecule has 7 heteroatoms. The summed E-state index contributed by atoms with van der Waals surface area (Å²) in [7, 11) is 1.62. The number of nitrogens with zero attached hydrogens (tertiary/aromatic N) is 4. The molecule has 4 aromatic rings. The van der Waals surface area contributed by atoms with Gasteiger partial charge in [-0.15, -0.1) is 0 Å². The van der Waals surface area contributed by atoms with Gasteiger partial charge in [0, 0.05) is 5.56 Å². The van der Waals surface area contributed by atoms with Crippen molar-refractivity contribution in [2.75, 3.05) is 7.11 Å². The van der Waals surface area contributed by atoms with E-state index in [1.165, 1.54) is 0 Å². The average Bonchev–Trinajstić information content (AvgIpc) is 3.27. The Bertz CT molecular complexity index is 1120. The topological polar surface area (TPSA) is 66.0 Å². The molecular weight excluding hydrogens is 364 g/mol. The first-order valence-electron chi connectivity index (χ1n) is 8.38. The predicted molar refractivity (Wildman–Crippen MR) is 103 cm³/mol. The van der Waals surface area contributed by atoms with E-state index in [0.717, 1.165) is 28.5 Å². The van der Waals surface area contributed by atoms with Crippen LogP contribution < -0.4 is 4.74 Å². The molecule has 2 aromatic heterocycles. The summed E-state index contributed by atoms with van der Waals surface area (Å²) in [5.41, 5.74) is 3.18. The molecule has 27 heavy (non-hydrogen) atoms. The maximum atomic E-state index is 6.36. The molecule has 0 aliphatic rings. The Hall–Kier alpha value is -3.12. The van der Waals surface area contributed by atoms with Gasteiger partial charge in [0.2, 0.25) is 5.82 Å². The molecule has 0 bridgehead atoms. The lowest BCUT2D eigenvalue weighted by molar-refractivity contribution is 0.414. The van der Waals surface area contributed by atoms with E-state index in [1.54, 1.807) is 7.11 Å². The molecule has 0 atom stereocenters. The first kappa shape index (κ1) is 17.3. The summed E-state index contributed by atoms with van der Waals surface area (Å²) in [6.45, 7) is 3.87. The first-order valence-corrected chi connectivity index (χ1v) is 8.75. The fraction of sp³-hybridized carbons (Fsp3) is 0.150. The van der Waals surface area contributed by atoms with Crippen molar-refractivity contribution in [2.45, 2.75) is 13.8 Å². The van der Waals surface area contributed by atoms with Crippen molar-refractivity contribution in [3.63, 3.8) is 0 Å². The molecule has 0 spiro atoms. The summed E-state index contributed by atoms with van der Waals surface area (Å²) in [5.74, 6) is 2.36. The van der Waals surface area contributed by atoms with Crippen molar-refractivity contribution in [3.05, 3.63) is 65.1 Å². The van der Waals surface area contributed by atoms with Crippen molar-refractivity contribution < 1.29 is 9.26 Å². The monoisotopic (exact) mass is 380 g/mol. The molecule has 0 radical (unpaired) electrons. The summed E-state index contributed by atoms with van der Waals surface area (Å²) in [4.78, 5) is 9.14. The molecule has 0 N–H and O–H groups in total. The molecule has 6 nitrogen and oxygen atoms in total. The number of aromatic nitrogens is 4. The van der Waals surface area contributed by atoms with E-state index in [1.807, 2.05) is 66.9 Å². The molecule has 0 amide bonds. The van der Waals surface area contributed by atoms with Crippen LogP contribution in [0.15, 0.2) is 53.1 Å². The maximum absolute atomic E-state index is 6.36. The lowest BCUT2D eigenvalue weighted by Gasteiger charge is -2.09. The SMILES string of the molecule is COc1cccc(-c2noc(-c3nc(C)n(-c4ccccc4Cl)c3C)n2)c1. The number of rotatable bonds is 4. The third-order valence-electron chi connectivity index (χ3n) is 4.33. The number of imidazole rings is 1. The third-order valence-corrected chi connectivity index (χ3v) is 4.64. The van der Waals surface area contributed by atoms with Crippen LogP contribution in [0.1, 0.15) is 11.5 Å². The van der Waals surface area contributed by atoms with Crippen molar-refractivity contribution >= 4 is 11.6 Å². The highest BCUT2D eigenvalue weighted by molar-refractivity contribution is 6.32. The van der Waals surface area contributed by atoms with Gasteiger partial charge < -0.3 is 9.26 Å². The largest absolute Gasteiger partial charge is 0.497 e. The number of hydrogen-bond donors (Lipinski definition) is 0. The smallest absolute Gasteiger partial charge is 0.278 e. The van der Waals surface area contributed by atoms with Gasteiger partial charge in [-0.1, -0.05) is 41.0 Å². The number of para-hydroxylation sites is 1. The first-order chi connectivity index (χ1) is 13.1. The quantitative estimate of drug-likeness (QED) is 0.505. The number of hydrogen-bond acceptors (Lipinski definition) is 5. The molecule has 0 saturated carbocycles. The molecule has 136 valence electrons. The highest BCUT2D eigenvalue weighted by Gasteiger charge is 2.20. The van der Waals surface area contributed by atoms with Crippen molar-refractivity contribution in [1.82, 2.24) is 19.7 Å². The summed E-state index contributed by atoms with van der Waals surface area (Å²) in [6, 6.07) is 15.1. The summed E-state index contributed by atoms with van der Waals surface area (Å²) in [5, 5.41) is 4.74. The second-order valence-electron chi connectivity index (χ2n) is 6.03. The van der Waals surface area contributed by atoms with Gasteiger partial charge in [0.05, 0.1) is 23.5 Å². The minimum Gasteiger partial charge on any atom is -0.497 e. The molecular formula is C20H17ClN4O2. The molecule has 4 rings (SSSR count). The van der Waals surface area contributed by atoms with E-state index in [-0.39, 0.29) is 0 Å². The normalized spacial score (nSPS) is 11.0. The van der Waals surface area contributed by atoms with E-state index in [9.17, 15) is 0 Å². The Morgan fingerprint density at radius 3 is 2.63 bits per heavy atom. The van der Waals surface area contributed by atoms with Gasteiger partial charge in [0.15, 0.2) is 0 Å². The standard InChI is InChI=1S/C20H17ClN4O2/c1-12-18(22-13(2)25(12)17-10-5-4-9-16(17)21)20-23-19(24-27-20)14-7-6-8-15(11-14)26-3/h4-11H,1-3H3. The highest BCUT2D eigenvalue weighted by Crippen LogP contribution is 2.30. The van der Waals surface area contributed by atoms with Crippen LogP contribution in [0.5, 0.6) is 5.75 Å². The second-order valence-corrected chi connectivity index (χ2v) is 6.44. The minimum absolute atomic E-state index is 0.360. The van der Waals surface area contributed by atoms with Gasteiger partial charge in [-0.2, -0.15) is 4.98 Å². The van der Waals surface area contributed by atoms with Crippen molar-refractivity contribution in [3.8, 4) is 34.4 Å². The Morgan fingerprint density at radius 2 is 1.85 bits per heavy atom. The Kier molecular flexibility index (Phi) is 4.41. The molecule has 2 heterocycles. The summed E-state index contributed by atoms with van der Waals surface area (Å²) >= 11 is 6.36. The van der Waals surface area contributed by atoms with Gasteiger partial charge >= 0.3 is 0 Å². The van der Waals surface area contributed by atoms with Crippen LogP contribution in [-0.4, -0.2) is 26.8 Å². The lowest BCUT2D eigenvalue weighted by atomic mass is 10.2. The molecule has 0 fully saturated rings. The molecule has 2 aromatic carbocycles. The number of halogens is 1. The predicted octanol–water partition coefficient (Wildman–Crippen LogP) is 4.87. The van der Waals surface area contributed by atoms with Crippen LogP contribution in [0.3, 0.4) is 0 Å². The molecule has 0 saturated heterocycles. The average molecular weight is 381 g/mol. The van der Waals surface area contributed by atoms with E-state index >= 15 is 0 Å². The third kappa shape index (κ3) is 3.08. The van der Waals surface area contributed by atoms with Crippen LogP contribution in [0, 0.1) is 13.8 Å². The van der Waals surface area contributed by atoms with Gasteiger partial charge in [0.1, 0.15) is 17.3 Å². The van der Waals surface area contributed by atoms with Crippen LogP contribution >= 0.6 is 11.6 Å². The van der Waals surface area contributed by atoms with Crippen LogP contribution in [0.4, 0.5) is 0 Å². The lowest BCUT2D eigenvalue weighted by Crippen LogP contribution is -2.00. The van der Waals surface area contributed by atoms with E-state index in [2.05, 4.69) is 15.1 Å². The van der Waals surface area contributed by atoms with Crippen LogP contribution in [-0.2, 0) is 0 Å². The summed E-state index contributed by atoms with van der Waals surface area (Å²) in [6.07, 6.45) is 0. The fourth-order valence-corrected chi connectivity index (χ4v) is 3.25. The highest BCUT2D eigenvalue weighted by atomic mass is 35.5. The zero-order valence-corrected chi connectivity index (χ0v) is 15.9. The zero-order chi connectivity index (χ0) is 19.0. The van der Waals surface area contributed by atoms with Crippen molar-refractivity contribution in [2.24, 2.45) is 0 Å². The number of ether oxygens (including phenoxy) is 1. The molecule has 0 unspecified atom stereocenters. The summed E-state index contributed by atoms with van der Waals surface area (Å²) < 4.78 is 12.7. The van der Waals surface area contributed by atoms with Crippen LogP contribution in [0.2, 0.25) is 5.02 Å². The Labute approximate surface area is 161 Å². The Balaban J connectivity index is 1.76. The molecule has 0 aliphatic carbocycles. The van der Waals surface area contributed by atoms with Crippen LogP contribution in [0.25, 0.3) is 28.7 Å². The van der Waals surface area contributed by atoms with Crippen molar-refractivity contribution in [1.29, 1.82) is 0 Å². The minimum atomic E-state index is 0.360. The fourth-order valence-electron chi connectivity index (χ4n) is 3.03. The number of benzene rings is 2. The van der Waals surface area contributed by atoms with E-state index < -0.39 is 0 Å². The second kappa shape index (κ2) is 6.89. The van der Waals surface area contributed by atoms with E-state index in [4.69, 9.17) is 20.9 Å². The number of methoxy groups -OCH3 is 1. The maximum Gasteiger partial charge on any atom is 0.278 e. The van der Waals surface area contributed by atoms with Gasteiger partial charge in [-0.05, 0) is 38.1 Å². The molecule has 0 aliphatic heterocycles.